The first-order chi connectivity index (χ1) is 11.1. The maximum Gasteiger partial charge on any atom is 0.320 e. The molecule has 134 valence electrons. The van der Waals surface area contributed by atoms with Crippen LogP contribution in [0.4, 0.5) is 0 Å². The summed E-state index contributed by atoms with van der Waals surface area (Å²) >= 11 is 0. The molecule has 1 rings (SSSR count). The predicted octanol–water partition coefficient (Wildman–Crippen LogP) is 4.65. The Morgan fingerprint density at radius 2 is 1.61 bits per heavy atom. The topological polar surface area (TPSA) is 52.6 Å². The Kier molecular flexibility index (Phi) is 9.27. The van der Waals surface area contributed by atoms with Gasteiger partial charge in [0, 0.05) is 0 Å². The lowest BCUT2D eigenvalue weighted by atomic mass is 9.69. The van der Waals surface area contributed by atoms with E-state index in [2.05, 4.69) is 6.92 Å². The maximum absolute atomic E-state index is 12.1. The predicted molar refractivity (Wildman–Crippen MR) is 91.0 cm³/mol. The number of hydrogen-bond acceptors (Lipinski definition) is 4. The van der Waals surface area contributed by atoms with Gasteiger partial charge in [-0.2, -0.15) is 0 Å². The average molecular weight is 326 g/mol. The molecule has 0 bridgehead atoms. The molecular formula is C19H34O4. The van der Waals surface area contributed by atoms with Crippen molar-refractivity contribution in [2.75, 3.05) is 13.2 Å². The fourth-order valence-corrected chi connectivity index (χ4v) is 3.62. The zero-order valence-electron chi connectivity index (χ0n) is 15.2. The molecule has 1 unspecified atom stereocenters. The summed E-state index contributed by atoms with van der Waals surface area (Å²) in [6, 6.07) is 0. The minimum Gasteiger partial charge on any atom is -0.465 e. The Bertz CT molecular complexity index is 358. The van der Waals surface area contributed by atoms with Crippen molar-refractivity contribution in [2.45, 2.75) is 85.0 Å². The largest absolute Gasteiger partial charge is 0.465 e. The van der Waals surface area contributed by atoms with Gasteiger partial charge in [0.1, 0.15) is 0 Å². The van der Waals surface area contributed by atoms with Crippen LogP contribution in [0, 0.1) is 11.3 Å². The summed E-state index contributed by atoms with van der Waals surface area (Å²) in [6.45, 7) is 6.51. The van der Waals surface area contributed by atoms with Gasteiger partial charge < -0.3 is 9.47 Å². The smallest absolute Gasteiger partial charge is 0.320 e. The van der Waals surface area contributed by atoms with Crippen LogP contribution in [0.5, 0.6) is 0 Å². The summed E-state index contributed by atoms with van der Waals surface area (Å²) in [5, 5.41) is 0. The molecule has 0 aromatic heterocycles. The summed E-state index contributed by atoms with van der Waals surface area (Å²) in [5.41, 5.74) is 0.347. The number of esters is 2. The van der Waals surface area contributed by atoms with Gasteiger partial charge in [0.2, 0.25) is 0 Å². The summed E-state index contributed by atoms with van der Waals surface area (Å²) in [6.07, 6.45) is 11.5. The fourth-order valence-electron chi connectivity index (χ4n) is 3.62. The number of carbonyl (C=O) groups is 2. The zero-order valence-corrected chi connectivity index (χ0v) is 15.2. The molecule has 1 fully saturated rings. The molecule has 0 heterocycles. The highest BCUT2D eigenvalue weighted by atomic mass is 16.6. The van der Waals surface area contributed by atoms with E-state index in [0.717, 1.165) is 6.42 Å². The molecule has 1 aliphatic carbocycles. The molecule has 0 aromatic rings. The normalized spacial score (nSPS) is 18.2. The van der Waals surface area contributed by atoms with Crippen LogP contribution in [0.1, 0.15) is 85.0 Å². The maximum atomic E-state index is 12.1. The van der Waals surface area contributed by atoms with Gasteiger partial charge in [-0.15, -0.1) is 0 Å². The third-order valence-electron chi connectivity index (χ3n) is 5.12. The first kappa shape index (κ1) is 20.0. The average Bonchev–Trinajstić information content (AvgIpc) is 2.55. The number of rotatable bonds is 10. The van der Waals surface area contributed by atoms with Crippen molar-refractivity contribution in [1.82, 2.24) is 0 Å². The standard InChI is InChI=1S/C19H34O4/c1-4-7-11-19(12-9-8-10-13-19)14-15-23-18(21)16(5-2)17(20)22-6-3/h16H,4-15H2,1-3H3. The molecular weight excluding hydrogens is 292 g/mol. The summed E-state index contributed by atoms with van der Waals surface area (Å²) in [5.74, 6) is -1.65. The second kappa shape index (κ2) is 10.7. The van der Waals surface area contributed by atoms with E-state index in [-0.39, 0.29) is 0 Å². The van der Waals surface area contributed by atoms with E-state index in [1.807, 2.05) is 6.92 Å². The molecule has 0 aromatic carbocycles. The first-order valence-electron chi connectivity index (χ1n) is 9.41. The van der Waals surface area contributed by atoms with Crippen molar-refractivity contribution in [2.24, 2.45) is 11.3 Å². The van der Waals surface area contributed by atoms with Gasteiger partial charge in [-0.1, -0.05) is 46.0 Å². The number of unbranched alkanes of at least 4 members (excludes halogenated alkanes) is 1. The van der Waals surface area contributed by atoms with Crippen LogP contribution in [-0.4, -0.2) is 25.2 Å². The van der Waals surface area contributed by atoms with Crippen LogP contribution < -0.4 is 0 Å². The molecule has 0 radical (unpaired) electrons. The van der Waals surface area contributed by atoms with Crippen molar-refractivity contribution in [1.29, 1.82) is 0 Å². The Balaban J connectivity index is 2.47. The molecule has 4 nitrogen and oxygen atoms in total. The van der Waals surface area contributed by atoms with Crippen LogP contribution in [0.3, 0.4) is 0 Å². The van der Waals surface area contributed by atoms with Crippen molar-refractivity contribution in [3.05, 3.63) is 0 Å². The lowest BCUT2D eigenvalue weighted by Crippen LogP contribution is -2.30. The van der Waals surface area contributed by atoms with Gasteiger partial charge in [-0.3, -0.25) is 9.59 Å². The number of hydrogen-bond donors (Lipinski definition) is 0. The lowest BCUT2D eigenvalue weighted by molar-refractivity contribution is -0.162. The van der Waals surface area contributed by atoms with Gasteiger partial charge in [0.25, 0.3) is 0 Å². The Labute approximate surface area is 141 Å². The zero-order chi connectivity index (χ0) is 17.1. The van der Waals surface area contributed by atoms with E-state index in [0.29, 0.717) is 25.0 Å². The summed E-state index contributed by atoms with van der Waals surface area (Å²) in [4.78, 5) is 23.9. The summed E-state index contributed by atoms with van der Waals surface area (Å²) < 4.78 is 10.4. The van der Waals surface area contributed by atoms with E-state index < -0.39 is 17.9 Å². The minimum absolute atomic E-state index is 0.294. The Morgan fingerprint density at radius 1 is 0.957 bits per heavy atom. The van der Waals surface area contributed by atoms with Gasteiger partial charge in [0.15, 0.2) is 5.92 Å². The molecule has 0 spiro atoms. The van der Waals surface area contributed by atoms with E-state index >= 15 is 0 Å². The SMILES string of the molecule is CCCCC1(CCOC(=O)C(CC)C(=O)OCC)CCCCC1. The first-order valence-corrected chi connectivity index (χ1v) is 9.41. The van der Waals surface area contributed by atoms with Crippen LogP contribution in [0.15, 0.2) is 0 Å². The van der Waals surface area contributed by atoms with Crippen LogP contribution in [-0.2, 0) is 19.1 Å². The second-order valence-electron chi connectivity index (χ2n) is 6.79. The van der Waals surface area contributed by atoms with Gasteiger partial charge in [-0.25, -0.2) is 0 Å². The second-order valence-corrected chi connectivity index (χ2v) is 6.79. The van der Waals surface area contributed by atoms with E-state index in [4.69, 9.17) is 9.47 Å². The molecule has 23 heavy (non-hydrogen) atoms. The minimum atomic E-state index is -0.770. The monoisotopic (exact) mass is 326 g/mol. The Hall–Kier alpha value is -1.06. The van der Waals surface area contributed by atoms with E-state index in [9.17, 15) is 9.59 Å². The van der Waals surface area contributed by atoms with Crippen molar-refractivity contribution >= 4 is 11.9 Å². The van der Waals surface area contributed by atoms with Gasteiger partial charge in [0.05, 0.1) is 13.2 Å². The molecule has 1 aliphatic rings. The lowest BCUT2D eigenvalue weighted by Gasteiger charge is -2.37. The molecule has 1 atom stereocenters. The van der Waals surface area contributed by atoms with Gasteiger partial charge in [-0.05, 0) is 44.4 Å². The van der Waals surface area contributed by atoms with Crippen LogP contribution >= 0.6 is 0 Å². The molecule has 0 amide bonds. The molecule has 0 N–H and O–H groups in total. The van der Waals surface area contributed by atoms with Crippen LogP contribution in [0.2, 0.25) is 0 Å². The highest BCUT2D eigenvalue weighted by Crippen LogP contribution is 2.43. The van der Waals surface area contributed by atoms with Crippen molar-refractivity contribution in [3.8, 4) is 0 Å². The number of ether oxygens (including phenoxy) is 2. The van der Waals surface area contributed by atoms with Crippen molar-refractivity contribution < 1.29 is 19.1 Å². The molecule has 0 saturated heterocycles. The highest BCUT2D eigenvalue weighted by Gasteiger charge is 2.32. The van der Waals surface area contributed by atoms with Crippen molar-refractivity contribution in [3.63, 3.8) is 0 Å². The van der Waals surface area contributed by atoms with Crippen LogP contribution in [0.25, 0.3) is 0 Å². The van der Waals surface area contributed by atoms with E-state index in [1.54, 1.807) is 6.92 Å². The van der Waals surface area contributed by atoms with Gasteiger partial charge >= 0.3 is 11.9 Å². The molecule has 0 aliphatic heterocycles. The third kappa shape index (κ3) is 6.52. The summed E-state index contributed by atoms with van der Waals surface area (Å²) in [7, 11) is 0. The molecule has 1 saturated carbocycles. The Morgan fingerprint density at radius 3 is 2.17 bits per heavy atom. The fraction of sp³-hybridized carbons (Fsp3) is 0.895. The molecule has 4 heteroatoms. The third-order valence-corrected chi connectivity index (χ3v) is 5.12. The quantitative estimate of drug-likeness (QED) is 0.433. The number of carbonyl (C=O) groups excluding carboxylic acids is 2. The van der Waals surface area contributed by atoms with E-state index in [1.165, 1.54) is 51.4 Å². The highest BCUT2D eigenvalue weighted by molar-refractivity contribution is 5.94.